The van der Waals surface area contributed by atoms with Gasteiger partial charge in [-0.15, -0.1) is 0 Å². The Balaban J connectivity index is 1.72. The van der Waals surface area contributed by atoms with Crippen LogP contribution in [0.5, 0.6) is 0 Å². The van der Waals surface area contributed by atoms with Gasteiger partial charge in [0.25, 0.3) is 11.5 Å². The number of H-pyrrole nitrogens is 1. The van der Waals surface area contributed by atoms with Crippen molar-refractivity contribution in [1.29, 1.82) is 0 Å². The Morgan fingerprint density at radius 1 is 1.23 bits per heavy atom. The maximum absolute atomic E-state index is 12.5. The highest BCUT2D eigenvalue weighted by atomic mass is 32.1. The van der Waals surface area contributed by atoms with E-state index < -0.39 is 0 Å². The minimum Gasteiger partial charge on any atom is -0.350 e. The summed E-state index contributed by atoms with van der Waals surface area (Å²) < 4.78 is 1.71. The molecule has 1 atom stereocenters. The molecule has 6 heteroatoms. The number of benzene rings is 2. The van der Waals surface area contributed by atoms with Crippen molar-refractivity contribution in [2.75, 3.05) is 0 Å². The maximum Gasteiger partial charge on any atom is 0.261 e. The van der Waals surface area contributed by atoms with Crippen LogP contribution in [0.1, 0.15) is 29.3 Å². The first-order valence-corrected chi connectivity index (χ1v) is 8.94. The zero-order valence-corrected chi connectivity index (χ0v) is 15.6. The van der Waals surface area contributed by atoms with Crippen molar-refractivity contribution in [2.24, 2.45) is 7.05 Å². The molecule has 2 aromatic carbocycles. The fourth-order valence-electron chi connectivity index (χ4n) is 2.85. The van der Waals surface area contributed by atoms with E-state index in [1.807, 2.05) is 25.1 Å². The standard InChI is InChI=1S/C20H21N3O2S/c1-13(8-9-14-6-4-3-5-7-14)21-18(24)15-10-11-16-17(12-15)22-20(26)23(2)19(16)25/h3-7,10-13H,8-9H2,1-2H3,(H,21,24)(H,22,26). The van der Waals surface area contributed by atoms with Crippen LogP contribution in [0.3, 0.4) is 0 Å². The number of aryl methyl sites for hydroxylation is 1. The lowest BCUT2D eigenvalue weighted by Crippen LogP contribution is -2.33. The van der Waals surface area contributed by atoms with Crippen molar-refractivity contribution in [3.63, 3.8) is 0 Å². The van der Waals surface area contributed by atoms with Crippen molar-refractivity contribution >= 4 is 29.0 Å². The van der Waals surface area contributed by atoms with E-state index in [2.05, 4.69) is 22.4 Å². The van der Waals surface area contributed by atoms with E-state index in [1.165, 1.54) is 10.1 Å². The van der Waals surface area contributed by atoms with Gasteiger partial charge in [0.15, 0.2) is 4.77 Å². The normalized spacial score (nSPS) is 12.1. The molecule has 134 valence electrons. The quantitative estimate of drug-likeness (QED) is 0.680. The summed E-state index contributed by atoms with van der Waals surface area (Å²) in [5.74, 6) is -0.160. The first kappa shape index (κ1) is 18.1. The van der Waals surface area contributed by atoms with Gasteiger partial charge in [0.2, 0.25) is 0 Å². The molecule has 1 amide bonds. The predicted octanol–water partition coefficient (Wildman–Crippen LogP) is 3.35. The first-order valence-electron chi connectivity index (χ1n) is 8.53. The molecule has 0 aliphatic rings. The third-order valence-electron chi connectivity index (χ3n) is 4.45. The summed E-state index contributed by atoms with van der Waals surface area (Å²) in [6, 6.07) is 15.2. The third-order valence-corrected chi connectivity index (χ3v) is 4.83. The second kappa shape index (κ2) is 7.66. The monoisotopic (exact) mass is 367 g/mol. The molecule has 3 rings (SSSR count). The summed E-state index contributed by atoms with van der Waals surface area (Å²) in [6.07, 6.45) is 1.76. The van der Waals surface area contributed by atoms with Crippen molar-refractivity contribution in [3.8, 4) is 0 Å². The highest BCUT2D eigenvalue weighted by Crippen LogP contribution is 2.11. The van der Waals surface area contributed by atoms with Crippen LogP contribution in [-0.2, 0) is 13.5 Å². The van der Waals surface area contributed by atoms with Crippen LogP contribution in [-0.4, -0.2) is 21.5 Å². The number of carbonyl (C=O) groups excluding carboxylic acids is 1. The lowest BCUT2D eigenvalue weighted by Gasteiger charge is -2.14. The molecule has 5 nitrogen and oxygen atoms in total. The van der Waals surface area contributed by atoms with Gasteiger partial charge < -0.3 is 10.3 Å². The van der Waals surface area contributed by atoms with E-state index in [0.717, 1.165) is 12.8 Å². The first-order chi connectivity index (χ1) is 12.5. The zero-order valence-electron chi connectivity index (χ0n) is 14.8. The smallest absolute Gasteiger partial charge is 0.261 e. The van der Waals surface area contributed by atoms with Crippen LogP contribution in [0.25, 0.3) is 10.9 Å². The predicted molar refractivity (Wildman–Crippen MR) is 106 cm³/mol. The minimum atomic E-state index is -0.174. The number of hydrogen-bond acceptors (Lipinski definition) is 3. The van der Waals surface area contributed by atoms with Gasteiger partial charge in [-0.05, 0) is 55.7 Å². The molecule has 0 fully saturated rings. The Bertz CT molecular complexity index is 1050. The zero-order chi connectivity index (χ0) is 18.7. The fourth-order valence-corrected chi connectivity index (χ4v) is 3.05. The van der Waals surface area contributed by atoms with Gasteiger partial charge in [-0.3, -0.25) is 14.2 Å². The molecule has 0 bridgehead atoms. The van der Waals surface area contributed by atoms with Gasteiger partial charge in [0, 0.05) is 18.7 Å². The van der Waals surface area contributed by atoms with Crippen LogP contribution in [0, 0.1) is 4.77 Å². The fraction of sp³-hybridized carbons (Fsp3) is 0.250. The molecule has 0 radical (unpaired) electrons. The van der Waals surface area contributed by atoms with E-state index in [0.29, 0.717) is 21.2 Å². The van der Waals surface area contributed by atoms with Crippen LogP contribution in [0.4, 0.5) is 0 Å². The van der Waals surface area contributed by atoms with Crippen molar-refractivity contribution in [2.45, 2.75) is 25.8 Å². The third kappa shape index (κ3) is 3.91. The van der Waals surface area contributed by atoms with E-state index >= 15 is 0 Å². The lowest BCUT2D eigenvalue weighted by molar-refractivity contribution is 0.0938. The number of hydrogen-bond donors (Lipinski definition) is 2. The van der Waals surface area contributed by atoms with Gasteiger partial charge in [0.05, 0.1) is 10.9 Å². The van der Waals surface area contributed by atoms with Gasteiger partial charge >= 0.3 is 0 Å². The largest absolute Gasteiger partial charge is 0.350 e. The number of aromatic amines is 1. The molecule has 3 aromatic rings. The number of aromatic nitrogens is 2. The van der Waals surface area contributed by atoms with Crippen molar-refractivity contribution < 1.29 is 4.79 Å². The molecule has 0 aliphatic heterocycles. The second-order valence-electron chi connectivity index (χ2n) is 6.45. The summed E-state index contributed by atoms with van der Waals surface area (Å²) in [6.45, 7) is 1.99. The van der Waals surface area contributed by atoms with Crippen LogP contribution in [0.2, 0.25) is 0 Å². The highest BCUT2D eigenvalue weighted by molar-refractivity contribution is 7.71. The number of carbonyl (C=O) groups is 1. The summed E-state index contributed by atoms with van der Waals surface area (Å²) in [5.41, 5.74) is 2.15. The molecular weight excluding hydrogens is 346 g/mol. The molecule has 0 aliphatic carbocycles. The van der Waals surface area contributed by atoms with Crippen LogP contribution >= 0.6 is 12.2 Å². The number of fused-ring (bicyclic) bond motifs is 1. The van der Waals surface area contributed by atoms with Crippen LogP contribution in [0.15, 0.2) is 53.3 Å². The van der Waals surface area contributed by atoms with Gasteiger partial charge in [-0.1, -0.05) is 30.3 Å². The Morgan fingerprint density at radius 3 is 2.69 bits per heavy atom. The molecule has 0 spiro atoms. The average molecular weight is 367 g/mol. The second-order valence-corrected chi connectivity index (χ2v) is 6.84. The summed E-state index contributed by atoms with van der Waals surface area (Å²) in [5, 5.41) is 3.52. The number of rotatable bonds is 5. The van der Waals surface area contributed by atoms with E-state index in [1.54, 1.807) is 25.2 Å². The minimum absolute atomic E-state index is 0.0422. The van der Waals surface area contributed by atoms with Gasteiger partial charge in [-0.2, -0.15) is 0 Å². The average Bonchev–Trinajstić information content (AvgIpc) is 2.65. The molecule has 2 N–H and O–H groups in total. The maximum atomic E-state index is 12.5. The van der Waals surface area contributed by atoms with Gasteiger partial charge in [0.1, 0.15) is 0 Å². The molecule has 1 aromatic heterocycles. The molecule has 0 saturated heterocycles. The molecule has 0 saturated carbocycles. The topological polar surface area (TPSA) is 66.9 Å². The molecular formula is C20H21N3O2S. The number of amides is 1. The van der Waals surface area contributed by atoms with Crippen molar-refractivity contribution in [1.82, 2.24) is 14.9 Å². The number of nitrogens with zero attached hydrogens (tertiary/aromatic N) is 1. The summed E-state index contributed by atoms with van der Waals surface area (Å²) in [7, 11) is 1.62. The molecule has 1 unspecified atom stereocenters. The lowest BCUT2D eigenvalue weighted by atomic mass is 10.1. The van der Waals surface area contributed by atoms with Crippen molar-refractivity contribution in [3.05, 3.63) is 74.8 Å². The van der Waals surface area contributed by atoms with E-state index in [-0.39, 0.29) is 17.5 Å². The summed E-state index contributed by atoms with van der Waals surface area (Å²) >= 11 is 5.13. The van der Waals surface area contributed by atoms with E-state index in [4.69, 9.17) is 12.2 Å². The Hall–Kier alpha value is -2.73. The Morgan fingerprint density at radius 2 is 1.96 bits per heavy atom. The van der Waals surface area contributed by atoms with E-state index in [9.17, 15) is 9.59 Å². The highest BCUT2D eigenvalue weighted by Gasteiger charge is 2.12. The van der Waals surface area contributed by atoms with Gasteiger partial charge in [-0.25, -0.2) is 0 Å². The Kier molecular flexibility index (Phi) is 5.32. The molecule has 1 heterocycles. The Labute approximate surface area is 156 Å². The summed E-state index contributed by atoms with van der Waals surface area (Å²) in [4.78, 5) is 27.7. The SMILES string of the molecule is CC(CCc1ccccc1)NC(=O)c1ccc2c(=O)n(C)c(=S)[nH]c2c1. The molecule has 26 heavy (non-hydrogen) atoms. The number of nitrogens with one attached hydrogen (secondary N) is 2. The van der Waals surface area contributed by atoms with Crippen LogP contribution < -0.4 is 10.9 Å².